The van der Waals surface area contributed by atoms with E-state index < -0.39 is 0 Å². The van der Waals surface area contributed by atoms with Gasteiger partial charge in [0.05, 0.1) is 0 Å². The molecule has 0 aromatic carbocycles. The molecule has 2 rings (SSSR count). The van der Waals surface area contributed by atoms with Gasteiger partial charge in [-0.05, 0) is 33.8 Å². The third kappa shape index (κ3) is 4.06. The summed E-state index contributed by atoms with van der Waals surface area (Å²) in [5, 5.41) is 10.4. The van der Waals surface area contributed by atoms with Crippen molar-refractivity contribution in [3.05, 3.63) is 35.8 Å². The van der Waals surface area contributed by atoms with Crippen molar-refractivity contribution >= 4 is 0 Å². The van der Waals surface area contributed by atoms with Gasteiger partial charge in [0.1, 0.15) is 5.75 Å². The first-order chi connectivity index (χ1) is 8.94. The lowest BCUT2D eigenvalue weighted by Crippen LogP contribution is -2.35. The second-order valence-corrected chi connectivity index (χ2v) is 5.58. The molecule has 0 unspecified atom stereocenters. The first-order valence-electron chi connectivity index (χ1n) is 6.32. The first-order valence-corrected chi connectivity index (χ1v) is 6.32. The lowest BCUT2D eigenvalue weighted by molar-refractivity contribution is 0.410. The molecular weight excluding hydrogens is 240 g/mol. The minimum Gasteiger partial charge on any atom is -0.437 e. The SMILES string of the molecule is Cc1cc(Oc2ccncc2CNC(C)(C)C)n[nH]1. The van der Waals surface area contributed by atoms with Gasteiger partial charge >= 0.3 is 0 Å². The molecule has 0 spiro atoms. The monoisotopic (exact) mass is 260 g/mol. The molecule has 0 aliphatic heterocycles. The molecule has 2 heterocycles. The maximum absolute atomic E-state index is 5.77. The van der Waals surface area contributed by atoms with Crippen LogP contribution in [0.25, 0.3) is 0 Å². The summed E-state index contributed by atoms with van der Waals surface area (Å²) in [6.07, 6.45) is 3.53. The fourth-order valence-electron chi connectivity index (χ4n) is 1.57. The molecule has 0 saturated carbocycles. The first kappa shape index (κ1) is 13.5. The van der Waals surface area contributed by atoms with Crippen LogP contribution in [0.1, 0.15) is 32.0 Å². The molecule has 102 valence electrons. The van der Waals surface area contributed by atoms with Crippen molar-refractivity contribution in [2.45, 2.75) is 39.8 Å². The van der Waals surface area contributed by atoms with E-state index in [0.717, 1.165) is 17.0 Å². The number of aromatic amines is 1. The van der Waals surface area contributed by atoms with Crippen molar-refractivity contribution in [1.29, 1.82) is 0 Å². The van der Waals surface area contributed by atoms with E-state index in [0.29, 0.717) is 12.4 Å². The second-order valence-electron chi connectivity index (χ2n) is 5.58. The molecule has 0 radical (unpaired) electrons. The maximum Gasteiger partial charge on any atom is 0.238 e. The largest absolute Gasteiger partial charge is 0.437 e. The van der Waals surface area contributed by atoms with E-state index in [2.05, 4.69) is 41.3 Å². The molecular formula is C14H20N4O. The number of pyridine rings is 1. The van der Waals surface area contributed by atoms with E-state index in [1.165, 1.54) is 0 Å². The van der Waals surface area contributed by atoms with Crippen LogP contribution in [-0.4, -0.2) is 20.7 Å². The number of nitrogens with zero attached hydrogens (tertiary/aromatic N) is 2. The average molecular weight is 260 g/mol. The lowest BCUT2D eigenvalue weighted by atomic mass is 10.1. The Morgan fingerprint density at radius 2 is 2.16 bits per heavy atom. The highest BCUT2D eigenvalue weighted by molar-refractivity contribution is 5.33. The third-order valence-electron chi connectivity index (χ3n) is 2.56. The van der Waals surface area contributed by atoms with Gasteiger partial charge in [0.15, 0.2) is 0 Å². The fraction of sp³-hybridized carbons (Fsp3) is 0.429. The zero-order valence-corrected chi connectivity index (χ0v) is 11.8. The average Bonchev–Trinajstić information content (AvgIpc) is 2.73. The van der Waals surface area contributed by atoms with Gasteiger partial charge in [-0.3, -0.25) is 10.1 Å². The van der Waals surface area contributed by atoms with E-state index in [1.54, 1.807) is 6.20 Å². The summed E-state index contributed by atoms with van der Waals surface area (Å²) in [5.41, 5.74) is 2.03. The number of H-pyrrole nitrogens is 1. The fourth-order valence-corrected chi connectivity index (χ4v) is 1.57. The van der Waals surface area contributed by atoms with Crippen molar-refractivity contribution in [3.63, 3.8) is 0 Å². The highest BCUT2D eigenvalue weighted by Gasteiger charge is 2.12. The van der Waals surface area contributed by atoms with Crippen LogP contribution in [0.15, 0.2) is 24.5 Å². The van der Waals surface area contributed by atoms with Gasteiger partial charge in [-0.2, -0.15) is 0 Å². The summed E-state index contributed by atoms with van der Waals surface area (Å²) in [7, 11) is 0. The summed E-state index contributed by atoms with van der Waals surface area (Å²) in [6.45, 7) is 9.02. The van der Waals surface area contributed by atoms with E-state index in [9.17, 15) is 0 Å². The second kappa shape index (κ2) is 5.40. The Kier molecular flexibility index (Phi) is 3.85. The van der Waals surface area contributed by atoms with Crippen LogP contribution in [0.2, 0.25) is 0 Å². The number of aryl methyl sites for hydroxylation is 1. The molecule has 0 aliphatic rings. The van der Waals surface area contributed by atoms with E-state index >= 15 is 0 Å². The van der Waals surface area contributed by atoms with Crippen LogP contribution in [0.4, 0.5) is 0 Å². The third-order valence-corrected chi connectivity index (χ3v) is 2.56. The number of ether oxygens (including phenoxy) is 1. The Morgan fingerprint density at radius 1 is 1.37 bits per heavy atom. The van der Waals surface area contributed by atoms with Crippen LogP contribution in [0.3, 0.4) is 0 Å². The topological polar surface area (TPSA) is 62.8 Å². The Hall–Kier alpha value is -1.88. The highest BCUT2D eigenvalue weighted by Crippen LogP contribution is 2.23. The molecule has 2 aromatic rings. The van der Waals surface area contributed by atoms with E-state index in [4.69, 9.17) is 4.74 Å². The number of aromatic nitrogens is 3. The molecule has 0 atom stereocenters. The lowest BCUT2D eigenvalue weighted by Gasteiger charge is -2.21. The van der Waals surface area contributed by atoms with Gasteiger partial charge in [0.25, 0.3) is 0 Å². The Balaban J connectivity index is 2.12. The maximum atomic E-state index is 5.77. The molecule has 0 amide bonds. The molecule has 19 heavy (non-hydrogen) atoms. The molecule has 0 bridgehead atoms. The van der Waals surface area contributed by atoms with Gasteiger partial charge in [0, 0.05) is 41.8 Å². The smallest absolute Gasteiger partial charge is 0.238 e. The van der Waals surface area contributed by atoms with E-state index in [1.807, 2.05) is 25.3 Å². The highest BCUT2D eigenvalue weighted by atomic mass is 16.5. The molecule has 0 fully saturated rings. The Bertz CT molecular complexity index is 542. The van der Waals surface area contributed by atoms with Gasteiger partial charge in [0.2, 0.25) is 5.88 Å². The van der Waals surface area contributed by atoms with Gasteiger partial charge in [-0.1, -0.05) is 0 Å². The molecule has 0 saturated heterocycles. The minimum absolute atomic E-state index is 0.0516. The minimum atomic E-state index is 0.0516. The van der Waals surface area contributed by atoms with Gasteiger partial charge in [-0.25, -0.2) is 0 Å². The molecule has 0 aliphatic carbocycles. The van der Waals surface area contributed by atoms with Gasteiger partial charge in [-0.15, -0.1) is 5.10 Å². The quantitative estimate of drug-likeness (QED) is 0.887. The predicted octanol–water partition coefficient (Wildman–Crippen LogP) is 2.79. The summed E-state index contributed by atoms with van der Waals surface area (Å²) in [6, 6.07) is 3.71. The van der Waals surface area contributed by atoms with Gasteiger partial charge < -0.3 is 10.1 Å². The van der Waals surface area contributed by atoms with Crippen LogP contribution < -0.4 is 10.1 Å². The van der Waals surface area contributed by atoms with Crippen LogP contribution in [0, 0.1) is 6.92 Å². The summed E-state index contributed by atoms with van der Waals surface area (Å²) >= 11 is 0. The Labute approximate surface area is 113 Å². The van der Waals surface area contributed by atoms with Crippen LogP contribution in [-0.2, 0) is 6.54 Å². The number of hydrogen-bond donors (Lipinski definition) is 2. The molecule has 5 heteroatoms. The Morgan fingerprint density at radius 3 is 2.79 bits per heavy atom. The van der Waals surface area contributed by atoms with Crippen molar-refractivity contribution < 1.29 is 4.74 Å². The number of rotatable bonds is 4. The number of nitrogens with one attached hydrogen (secondary N) is 2. The summed E-state index contributed by atoms with van der Waals surface area (Å²) in [5.74, 6) is 1.35. The van der Waals surface area contributed by atoms with Crippen molar-refractivity contribution in [2.75, 3.05) is 0 Å². The molecule has 5 nitrogen and oxygen atoms in total. The summed E-state index contributed by atoms with van der Waals surface area (Å²) < 4.78 is 5.77. The molecule has 2 aromatic heterocycles. The zero-order chi connectivity index (χ0) is 13.9. The van der Waals surface area contributed by atoms with Crippen LogP contribution >= 0.6 is 0 Å². The number of hydrogen-bond acceptors (Lipinski definition) is 4. The normalized spacial score (nSPS) is 11.6. The van der Waals surface area contributed by atoms with Crippen molar-refractivity contribution in [2.24, 2.45) is 0 Å². The van der Waals surface area contributed by atoms with Crippen molar-refractivity contribution in [3.8, 4) is 11.6 Å². The van der Waals surface area contributed by atoms with Crippen molar-refractivity contribution in [1.82, 2.24) is 20.5 Å². The zero-order valence-electron chi connectivity index (χ0n) is 11.8. The standard InChI is InChI=1S/C14H20N4O/c1-10-7-13(18-17-10)19-12-5-6-15-8-11(12)9-16-14(2,3)4/h5-8,16H,9H2,1-4H3,(H,17,18). The van der Waals surface area contributed by atoms with E-state index in [-0.39, 0.29) is 5.54 Å². The predicted molar refractivity (Wildman–Crippen MR) is 74.2 cm³/mol. The summed E-state index contributed by atoms with van der Waals surface area (Å²) in [4.78, 5) is 4.14. The van der Waals surface area contributed by atoms with Crippen LogP contribution in [0.5, 0.6) is 11.6 Å². The molecule has 2 N–H and O–H groups in total.